The molecule has 1 N–H and O–H groups in total. The second kappa shape index (κ2) is 8.19. The fourth-order valence-corrected chi connectivity index (χ4v) is 2.01. The van der Waals surface area contributed by atoms with Crippen molar-refractivity contribution in [3.8, 4) is 5.75 Å². The molecule has 0 aliphatic rings. The number of ether oxygens (including phenoxy) is 1. The van der Waals surface area contributed by atoms with E-state index in [0.717, 1.165) is 12.1 Å². The summed E-state index contributed by atoms with van der Waals surface area (Å²) in [5.74, 6) is -1.68. The SMILES string of the molecule is CC(=O)c1ccc(OCCCC(=O)Nc2ccc(F)c(F)c2)cc1. The molecule has 0 fully saturated rings. The standard InChI is InChI=1S/C18H17F2NO3/c1-12(22)13-4-7-15(8-5-13)24-10-2-3-18(23)21-14-6-9-16(19)17(20)11-14/h4-9,11H,2-3,10H2,1H3,(H,21,23). The quantitative estimate of drug-likeness (QED) is 0.616. The molecule has 0 atom stereocenters. The number of Topliss-reactive ketones (excluding diaryl/α,β-unsaturated/α-hetero) is 1. The van der Waals surface area contributed by atoms with Crippen LogP contribution in [-0.4, -0.2) is 18.3 Å². The molecule has 1 amide bonds. The maximum absolute atomic E-state index is 13.0. The van der Waals surface area contributed by atoms with E-state index in [4.69, 9.17) is 4.74 Å². The number of anilines is 1. The van der Waals surface area contributed by atoms with Gasteiger partial charge in [-0.25, -0.2) is 8.78 Å². The van der Waals surface area contributed by atoms with Crippen molar-refractivity contribution < 1.29 is 23.1 Å². The number of carbonyl (C=O) groups excluding carboxylic acids is 2. The van der Waals surface area contributed by atoms with E-state index in [9.17, 15) is 18.4 Å². The molecule has 0 aromatic heterocycles. The molecule has 0 spiro atoms. The molecular weight excluding hydrogens is 316 g/mol. The highest BCUT2D eigenvalue weighted by Gasteiger charge is 2.06. The average Bonchev–Trinajstić information content (AvgIpc) is 2.55. The normalized spacial score (nSPS) is 10.3. The van der Waals surface area contributed by atoms with Crippen molar-refractivity contribution in [2.75, 3.05) is 11.9 Å². The number of benzene rings is 2. The topological polar surface area (TPSA) is 55.4 Å². The second-order valence-electron chi connectivity index (χ2n) is 5.21. The van der Waals surface area contributed by atoms with E-state index >= 15 is 0 Å². The highest BCUT2D eigenvalue weighted by atomic mass is 19.2. The monoisotopic (exact) mass is 333 g/mol. The Morgan fingerprint density at radius 2 is 1.75 bits per heavy atom. The third-order valence-electron chi connectivity index (χ3n) is 3.28. The first-order chi connectivity index (χ1) is 11.5. The van der Waals surface area contributed by atoms with Gasteiger partial charge in [0.2, 0.25) is 5.91 Å². The van der Waals surface area contributed by atoms with Crippen molar-refractivity contribution in [2.45, 2.75) is 19.8 Å². The van der Waals surface area contributed by atoms with Gasteiger partial charge in [0.25, 0.3) is 0 Å². The van der Waals surface area contributed by atoms with Crippen LogP contribution in [0.2, 0.25) is 0 Å². The number of ketones is 1. The highest BCUT2D eigenvalue weighted by molar-refractivity contribution is 5.94. The van der Waals surface area contributed by atoms with Crippen molar-refractivity contribution in [1.29, 1.82) is 0 Å². The minimum atomic E-state index is -1.01. The van der Waals surface area contributed by atoms with Gasteiger partial charge in [0.15, 0.2) is 17.4 Å². The van der Waals surface area contributed by atoms with Crippen LogP contribution in [0.15, 0.2) is 42.5 Å². The molecule has 2 rings (SSSR count). The van der Waals surface area contributed by atoms with E-state index in [1.165, 1.54) is 13.0 Å². The summed E-state index contributed by atoms with van der Waals surface area (Å²) in [4.78, 5) is 22.9. The molecule has 2 aromatic rings. The molecule has 0 heterocycles. The maximum Gasteiger partial charge on any atom is 0.224 e. The zero-order valence-corrected chi connectivity index (χ0v) is 13.1. The highest BCUT2D eigenvalue weighted by Crippen LogP contribution is 2.15. The number of carbonyl (C=O) groups is 2. The van der Waals surface area contributed by atoms with E-state index in [1.54, 1.807) is 24.3 Å². The van der Waals surface area contributed by atoms with E-state index in [1.807, 2.05) is 0 Å². The Morgan fingerprint density at radius 3 is 2.38 bits per heavy atom. The Morgan fingerprint density at radius 1 is 1.04 bits per heavy atom. The number of halogens is 2. The molecule has 126 valence electrons. The van der Waals surface area contributed by atoms with Crippen molar-refractivity contribution in [3.63, 3.8) is 0 Å². The molecule has 0 aliphatic heterocycles. The Kier molecular flexibility index (Phi) is 6.01. The largest absolute Gasteiger partial charge is 0.494 e. The third kappa shape index (κ3) is 5.15. The number of rotatable bonds is 7. The third-order valence-corrected chi connectivity index (χ3v) is 3.28. The molecular formula is C18H17F2NO3. The van der Waals surface area contributed by atoms with Crippen LogP contribution in [0.4, 0.5) is 14.5 Å². The first-order valence-electron chi connectivity index (χ1n) is 7.44. The first kappa shape index (κ1) is 17.6. The Bertz CT molecular complexity index is 730. The van der Waals surface area contributed by atoms with Crippen molar-refractivity contribution in [3.05, 3.63) is 59.7 Å². The summed E-state index contributed by atoms with van der Waals surface area (Å²) in [6.45, 7) is 1.81. The van der Waals surface area contributed by atoms with Gasteiger partial charge in [-0.3, -0.25) is 9.59 Å². The van der Waals surface area contributed by atoms with Gasteiger partial charge in [-0.05, 0) is 49.7 Å². The van der Waals surface area contributed by atoms with Crippen molar-refractivity contribution in [2.24, 2.45) is 0 Å². The molecule has 4 nitrogen and oxygen atoms in total. The molecule has 0 saturated heterocycles. The lowest BCUT2D eigenvalue weighted by molar-refractivity contribution is -0.116. The van der Waals surface area contributed by atoms with Crippen LogP contribution in [-0.2, 0) is 4.79 Å². The smallest absolute Gasteiger partial charge is 0.224 e. The Hall–Kier alpha value is -2.76. The summed E-state index contributed by atoms with van der Waals surface area (Å²) in [7, 11) is 0. The minimum absolute atomic E-state index is 0.0181. The summed E-state index contributed by atoms with van der Waals surface area (Å²) in [5.41, 5.74) is 0.813. The van der Waals surface area contributed by atoms with Gasteiger partial charge < -0.3 is 10.1 Å². The van der Waals surface area contributed by atoms with Crippen LogP contribution >= 0.6 is 0 Å². The summed E-state index contributed by atoms with van der Waals surface area (Å²) in [6.07, 6.45) is 0.647. The van der Waals surface area contributed by atoms with Crippen LogP contribution in [0.5, 0.6) is 5.75 Å². The molecule has 6 heteroatoms. The summed E-state index contributed by atoms with van der Waals surface area (Å²) in [5, 5.41) is 2.49. The van der Waals surface area contributed by atoms with Crippen LogP contribution in [0.1, 0.15) is 30.1 Å². The lowest BCUT2D eigenvalue weighted by atomic mass is 10.1. The number of hydrogen-bond donors (Lipinski definition) is 1. The lowest BCUT2D eigenvalue weighted by Gasteiger charge is -2.08. The molecule has 24 heavy (non-hydrogen) atoms. The predicted molar refractivity (Wildman–Crippen MR) is 86.2 cm³/mol. The van der Waals surface area contributed by atoms with Crippen molar-refractivity contribution in [1.82, 2.24) is 0 Å². The van der Waals surface area contributed by atoms with Gasteiger partial charge in [0.1, 0.15) is 5.75 Å². The number of hydrogen-bond acceptors (Lipinski definition) is 3. The van der Waals surface area contributed by atoms with Crippen LogP contribution < -0.4 is 10.1 Å². The van der Waals surface area contributed by atoms with Gasteiger partial charge in [-0.2, -0.15) is 0 Å². The molecule has 2 aromatic carbocycles. The predicted octanol–water partition coefficient (Wildman–Crippen LogP) is 3.97. The Balaban J connectivity index is 1.72. The average molecular weight is 333 g/mol. The summed E-state index contributed by atoms with van der Waals surface area (Å²) in [6, 6.07) is 9.92. The lowest BCUT2D eigenvalue weighted by Crippen LogP contribution is -2.13. The van der Waals surface area contributed by atoms with Gasteiger partial charge in [-0.15, -0.1) is 0 Å². The van der Waals surface area contributed by atoms with Crippen molar-refractivity contribution >= 4 is 17.4 Å². The molecule has 0 saturated carbocycles. The fourth-order valence-electron chi connectivity index (χ4n) is 2.01. The van der Waals surface area contributed by atoms with Gasteiger partial charge in [0.05, 0.1) is 6.61 Å². The van der Waals surface area contributed by atoms with Crippen LogP contribution in [0, 0.1) is 11.6 Å². The fraction of sp³-hybridized carbons (Fsp3) is 0.222. The minimum Gasteiger partial charge on any atom is -0.494 e. The van der Waals surface area contributed by atoms with Gasteiger partial charge in [-0.1, -0.05) is 0 Å². The van der Waals surface area contributed by atoms with Crippen LogP contribution in [0.3, 0.4) is 0 Å². The van der Waals surface area contributed by atoms with Gasteiger partial charge in [0, 0.05) is 23.7 Å². The first-order valence-corrected chi connectivity index (χ1v) is 7.44. The summed E-state index contributed by atoms with van der Waals surface area (Å²) >= 11 is 0. The van der Waals surface area contributed by atoms with E-state index in [0.29, 0.717) is 24.3 Å². The van der Waals surface area contributed by atoms with E-state index in [-0.39, 0.29) is 23.8 Å². The number of amides is 1. The van der Waals surface area contributed by atoms with Crippen LogP contribution in [0.25, 0.3) is 0 Å². The molecule has 0 bridgehead atoms. The maximum atomic E-state index is 13.0. The van der Waals surface area contributed by atoms with Gasteiger partial charge >= 0.3 is 0 Å². The Labute approximate surface area is 138 Å². The molecule has 0 radical (unpaired) electrons. The van der Waals surface area contributed by atoms with E-state index < -0.39 is 11.6 Å². The van der Waals surface area contributed by atoms with E-state index in [2.05, 4.69) is 5.32 Å². The summed E-state index contributed by atoms with van der Waals surface area (Å²) < 4.78 is 31.3. The zero-order chi connectivity index (χ0) is 17.5. The zero-order valence-electron chi connectivity index (χ0n) is 13.1. The second-order valence-corrected chi connectivity index (χ2v) is 5.21. The molecule has 0 unspecified atom stereocenters. The molecule has 0 aliphatic carbocycles. The number of nitrogens with one attached hydrogen (secondary N) is 1.